The van der Waals surface area contributed by atoms with Gasteiger partial charge in [-0.3, -0.25) is 4.90 Å². The van der Waals surface area contributed by atoms with Crippen LogP contribution in [0.4, 0.5) is 28.7 Å². The minimum absolute atomic E-state index is 0. The van der Waals surface area contributed by atoms with Crippen molar-refractivity contribution in [1.29, 1.82) is 0 Å². The molecular weight excluding hydrogens is 868 g/mol. The summed E-state index contributed by atoms with van der Waals surface area (Å²) in [4.78, 5) is 18.3. The molecule has 8 aromatic rings. The third-order valence-electron chi connectivity index (χ3n) is 10.5. The molecule has 261 valence electrons. The van der Waals surface area contributed by atoms with Crippen molar-refractivity contribution in [2.45, 2.75) is 15.3 Å². The van der Waals surface area contributed by atoms with Gasteiger partial charge >= 0.3 is 0 Å². The van der Waals surface area contributed by atoms with Crippen molar-refractivity contribution >= 4 is 70.7 Å². The Bertz CT molecular complexity index is 2600. The molecule has 0 N–H and O–H groups in total. The molecule has 6 nitrogen and oxygen atoms in total. The van der Waals surface area contributed by atoms with E-state index in [0.29, 0.717) is 0 Å². The molecule has 0 spiro atoms. The van der Waals surface area contributed by atoms with Crippen LogP contribution in [0.1, 0.15) is 16.8 Å². The SMILES string of the molecule is CN1c2ccccc2N(c2ccc3c(n2)C([Si](c2ccccc2)c2ccccc2)c2ccccc2S3)c2nc(-c3cn(C)c4c3[cH-]c[n+]4C)ccc21.[Pt]. The Balaban J connectivity index is 0.00000372. The zero-order valence-electron chi connectivity index (χ0n) is 29.4. The summed E-state index contributed by atoms with van der Waals surface area (Å²) >= 11 is 1.83. The molecule has 2 aliphatic rings. The van der Waals surface area contributed by atoms with Gasteiger partial charge in [0.2, 0.25) is 0 Å². The van der Waals surface area contributed by atoms with Gasteiger partial charge in [-0.1, -0.05) is 124 Å². The largest absolute Gasteiger partial charge is 0.340 e. The van der Waals surface area contributed by atoms with Crippen molar-refractivity contribution in [2.75, 3.05) is 16.8 Å². The van der Waals surface area contributed by atoms with E-state index in [1.165, 1.54) is 36.8 Å². The first-order chi connectivity index (χ1) is 25.5. The van der Waals surface area contributed by atoms with Crippen LogP contribution in [-0.2, 0) is 35.2 Å². The molecule has 1 radical (unpaired) electrons. The fourth-order valence-corrected chi connectivity index (χ4v) is 12.6. The smallest absolute Gasteiger partial charge is 0.178 e. The number of fused-ring (bicyclic) bond motifs is 5. The van der Waals surface area contributed by atoms with Crippen LogP contribution in [0.5, 0.6) is 0 Å². The topological polar surface area (TPSA) is 41.1 Å². The summed E-state index contributed by atoms with van der Waals surface area (Å²) in [5.74, 6) is 1.74. The molecule has 10 rings (SSSR count). The minimum Gasteiger partial charge on any atom is -0.340 e. The zero-order valence-corrected chi connectivity index (χ0v) is 33.5. The second kappa shape index (κ2) is 13.4. The van der Waals surface area contributed by atoms with E-state index in [1.54, 1.807) is 0 Å². The fraction of sp³-hybridized carbons (Fsp3) is 0.0909. The molecule has 0 fully saturated rings. The van der Waals surface area contributed by atoms with Crippen LogP contribution in [0.2, 0.25) is 0 Å². The number of aromatic nitrogens is 4. The van der Waals surface area contributed by atoms with Crippen LogP contribution >= 0.6 is 11.8 Å². The summed E-state index contributed by atoms with van der Waals surface area (Å²) in [6.07, 6.45) is 4.31. The van der Waals surface area contributed by atoms with E-state index in [9.17, 15) is 0 Å². The number of hydrogen-bond donors (Lipinski definition) is 0. The minimum atomic E-state index is -1.38. The van der Waals surface area contributed by atoms with Gasteiger partial charge in [-0.25, -0.2) is 9.97 Å². The molecule has 53 heavy (non-hydrogen) atoms. The molecule has 4 aromatic heterocycles. The summed E-state index contributed by atoms with van der Waals surface area (Å²) in [7, 11) is 4.94. The van der Waals surface area contributed by atoms with Gasteiger partial charge in [0, 0.05) is 61.5 Å². The summed E-state index contributed by atoms with van der Waals surface area (Å²) < 4.78 is 4.35. The third-order valence-corrected chi connectivity index (χ3v) is 14.7. The van der Waals surface area contributed by atoms with E-state index in [1.807, 2.05) is 11.8 Å². The van der Waals surface area contributed by atoms with E-state index in [0.717, 1.165) is 45.6 Å². The van der Waals surface area contributed by atoms with Crippen molar-refractivity contribution in [3.8, 4) is 11.3 Å². The Kier molecular flexibility index (Phi) is 8.49. The first kappa shape index (κ1) is 33.7. The molecule has 4 aromatic carbocycles. The number of hydrogen-bond acceptors (Lipinski definition) is 5. The van der Waals surface area contributed by atoms with Crippen LogP contribution in [0.3, 0.4) is 0 Å². The molecule has 1 unspecified atom stereocenters. The maximum absolute atomic E-state index is 5.74. The van der Waals surface area contributed by atoms with Gasteiger partial charge in [-0.15, -0.1) is 6.07 Å². The van der Waals surface area contributed by atoms with Gasteiger partial charge in [0.05, 0.1) is 36.9 Å². The number of benzene rings is 4. The molecular formula is C44H35N6PtSSi. The average molecular weight is 903 g/mol. The van der Waals surface area contributed by atoms with Crippen molar-refractivity contribution in [1.82, 2.24) is 14.5 Å². The first-order valence-corrected chi connectivity index (χ1v) is 19.9. The normalized spacial score (nSPS) is 14.4. The Morgan fingerprint density at radius 2 is 1.38 bits per heavy atom. The molecule has 0 aliphatic carbocycles. The van der Waals surface area contributed by atoms with Crippen LogP contribution in [0, 0.1) is 0 Å². The number of pyridine rings is 2. The van der Waals surface area contributed by atoms with Gasteiger partial charge in [-0.2, -0.15) is 0 Å². The summed E-state index contributed by atoms with van der Waals surface area (Å²) in [5, 5.41) is 3.94. The number of para-hydroxylation sites is 2. The summed E-state index contributed by atoms with van der Waals surface area (Å²) in [6.45, 7) is 0. The van der Waals surface area contributed by atoms with Gasteiger partial charge in [0.1, 0.15) is 14.6 Å². The number of aryl methyl sites for hydroxylation is 2. The van der Waals surface area contributed by atoms with E-state index in [-0.39, 0.29) is 26.6 Å². The predicted molar refractivity (Wildman–Crippen MR) is 214 cm³/mol. The molecule has 1 atom stereocenters. The van der Waals surface area contributed by atoms with Gasteiger partial charge in [0.15, 0.2) is 11.5 Å². The standard InChI is InChI=1S/C44H35N6SSi.Pt/c1-47-27-26-31-33(28-48(2)44(31)47)34-22-23-37-43(45-34)50(36-20-12-11-19-35(36)49(37)3)40-25-24-39-41(46-40)42(32-18-10-13-21-38(32)51-39)52(29-14-6-4-7-15-29)30-16-8-5-9-17-30;/h4-28,42H,1-3H3;. The Labute approximate surface area is 329 Å². The van der Waals surface area contributed by atoms with Crippen molar-refractivity contribution < 1.29 is 25.6 Å². The van der Waals surface area contributed by atoms with Crippen molar-refractivity contribution in [2.24, 2.45) is 14.1 Å². The quantitative estimate of drug-likeness (QED) is 0.0992. The van der Waals surface area contributed by atoms with Crippen LogP contribution < -0.4 is 24.7 Å². The summed E-state index contributed by atoms with van der Waals surface area (Å²) in [6, 6.07) is 50.7. The van der Waals surface area contributed by atoms with Gasteiger partial charge in [-0.05, 0) is 48.0 Å². The maximum atomic E-state index is 5.74. The molecule has 9 heteroatoms. The molecule has 0 saturated carbocycles. The average Bonchev–Trinajstić information content (AvgIpc) is 3.75. The predicted octanol–water partition coefficient (Wildman–Crippen LogP) is 8.17. The fourth-order valence-electron chi connectivity index (χ4n) is 8.10. The Morgan fingerprint density at radius 3 is 2.13 bits per heavy atom. The van der Waals surface area contributed by atoms with Crippen molar-refractivity contribution in [3.63, 3.8) is 0 Å². The Hall–Kier alpha value is -5.14. The van der Waals surface area contributed by atoms with Crippen LogP contribution in [0.25, 0.3) is 22.3 Å². The molecule has 2 aliphatic heterocycles. The Morgan fingerprint density at radius 1 is 0.698 bits per heavy atom. The van der Waals surface area contributed by atoms with Crippen LogP contribution in [0.15, 0.2) is 162 Å². The number of anilines is 5. The molecule has 0 amide bonds. The van der Waals surface area contributed by atoms with Gasteiger partial charge in [0.25, 0.3) is 0 Å². The monoisotopic (exact) mass is 902 g/mol. The molecule has 0 bridgehead atoms. The second-order valence-electron chi connectivity index (χ2n) is 13.5. The maximum Gasteiger partial charge on any atom is 0.178 e. The van der Waals surface area contributed by atoms with E-state index >= 15 is 0 Å². The first-order valence-electron chi connectivity index (χ1n) is 17.6. The number of rotatable bonds is 5. The van der Waals surface area contributed by atoms with E-state index < -0.39 is 8.80 Å². The zero-order chi connectivity index (χ0) is 34.9. The summed E-state index contributed by atoms with van der Waals surface area (Å²) in [5.41, 5.74) is 9.01. The number of nitrogens with zero attached hydrogens (tertiary/aromatic N) is 6. The molecule has 6 heterocycles. The molecule has 0 saturated heterocycles. The van der Waals surface area contributed by atoms with Crippen molar-refractivity contribution in [3.05, 3.63) is 163 Å². The van der Waals surface area contributed by atoms with Crippen LogP contribution in [-0.4, -0.2) is 30.4 Å². The van der Waals surface area contributed by atoms with E-state index in [4.69, 9.17) is 9.97 Å². The second-order valence-corrected chi connectivity index (χ2v) is 17.2. The third kappa shape index (κ3) is 5.42. The van der Waals surface area contributed by atoms with Gasteiger partial charge < -0.3 is 14.0 Å². The van der Waals surface area contributed by atoms with E-state index in [2.05, 4.69) is 192 Å².